The molecule has 11 heavy (non-hydrogen) atoms. The molecule has 4 atom stereocenters. The van der Waals surface area contributed by atoms with Gasteiger partial charge in [0, 0.05) is 31.6 Å². The lowest BCUT2D eigenvalue weighted by Crippen LogP contribution is -2.34. The summed E-state index contributed by atoms with van der Waals surface area (Å²) in [5.74, 6) is 0.804. The van der Waals surface area contributed by atoms with Crippen LogP contribution in [0.2, 0.25) is 0 Å². The molecule has 0 radical (unpaired) electrons. The Labute approximate surface area is 67.3 Å². The Morgan fingerprint density at radius 3 is 3.36 bits per heavy atom. The Hall–Kier alpha value is -0.340. The fourth-order valence-corrected chi connectivity index (χ4v) is 2.71. The second-order valence-electron chi connectivity index (χ2n) is 4.09. The lowest BCUT2D eigenvalue weighted by molar-refractivity contribution is 0.334. The maximum absolute atomic E-state index is 3.47. The number of rotatable bonds is 0. The van der Waals surface area contributed by atoms with Gasteiger partial charge < -0.3 is 5.32 Å². The predicted molar refractivity (Wildman–Crippen MR) is 44.4 cm³/mol. The molecule has 3 rings (SSSR count). The molecule has 0 aromatic carbocycles. The van der Waals surface area contributed by atoms with Gasteiger partial charge in [0.05, 0.1) is 5.54 Å². The van der Waals surface area contributed by atoms with Gasteiger partial charge in [-0.05, 0) is 6.92 Å². The first-order valence-electron chi connectivity index (χ1n) is 4.49. The molecular weight excluding hydrogens is 136 g/mol. The first kappa shape index (κ1) is 6.21. The van der Waals surface area contributed by atoms with E-state index in [9.17, 15) is 0 Å². The van der Waals surface area contributed by atoms with Crippen molar-refractivity contribution >= 4 is 0 Å². The van der Waals surface area contributed by atoms with Gasteiger partial charge in [-0.15, -0.1) is 0 Å². The first-order valence-corrected chi connectivity index (χ1v) is 4.49. The third-order valence-electron chi connectivity index (χ3n) is 3.51. The molecule has 0 saturated carbocycles. The largest absolute Gasteiger partial charge is 0.314 e. The maximum Gasteiger partial charge on any atom is 0.0542 e. The summed E-state index contributed by atoms with van der Waals surface area (Å²) in [7, 11) is 0. The lowest BCUT2D eigenvalue weighted by atomic mass is 9.92. The molecule has 0 aromatic rings. The van der Waals surface area contributed by atoms with E-state index in [2.05, 4.69) is 29.3 Å². The van der Waals surface area contributed by atoms with Crippen LogP contribution in [0.5, 0.6) is 0 Å². The number of nitrogens with zero attached hydrogens (tertiary/aromatic N) is 1. The van der Waals surface area contributed by atoms with Crippen LogP contribution in [0.25, 0.3) is 0 Å². The van der Waals surface area contributed by atoms with Gasteiger partial charge in [-0.2, -0.15) is 0 Å². The minimum absolute atomic E-state index is 0.564. The van der Waals surface area contributed by atoms with Gasteiger partial charge in [0.15, 0.2) is 0 Å². The van der Waals surface area contributed by atoms with Crippen molar-refractivity contribution in [3.63, 3.8) is 0 Å². The zero-order valence-electron chi connectivity index (χ0n) is 6.88. The van der Waals surface area contributed by atoms with E-state index in [1.54, 1.807) is 0 Å². The summed E-state index contributed by atoms with van der Waals surface area (Å²) in [6, 6.07) is 0.686. The van der Waals surface area contributed by atoms with Crippen LogP contribution in [-0.4, -0.2) is 36.1 Å². The summed E-state index contributed by atoms with van der Waals surface area (Å²) in [4.78, 5) is 2.61. The van der Waals surface area contributed by atoms with E-state index >= 15 is 0 Å². The Morgan fingerprint density at radius 1 is 1.55 bits per heavy atom. The van der Waals surface area contributed by atoms with Crippen molar-refractivity contribution in [2.75, 3.05) is 19.6 Å². The van der Waals surface area contributed by atoms with Gasteiger partial charge in [-0.1, -0.05) is 12.2 Å². The van der Waals surface area contributed by atoms with Crippen LogP contribution in [0, 0.1) is 5.92 Å². The van der Waals surface area contributed by atoms with Gasteiger partial charge >= 0.3 is 0 Å². The highest BCUT2D eigenvalue weighted by molar-refractivity contribution is 5.28. The molecule has 1 N–H and O–H groups in total. The highest BCUT2D eigenvalue weighted by atomic mass is 15.4. The molecule has 1 unspecified atom stereocenters. The van der Waals surface area contributed by atoms with E-state index < -0.39 is 0 Å². The number of hydrogen-bond donors (Lipinski definition) is 1. The third kappa shape index (κ3) is 0.603. The lowest BCUT2D eigenvalue weighted by Gasteiger charge is -2.24. The fraction of sp³-hybridized carbons (Fsp3) is 0.778. The maximum atomic E-state index is 3.47. The molecule has 2 fully saturated rings. The quantitative estimate of drug-likeness (QED) is 0.392. The van der Waals surface area contributed by atoms with Gasteiger partial charge in [-0.25, -0.2) is 0 Å². The van der Waals surface area contributed by atoms with Crippen LogP contribution < -0.4 is 5.32 Å². The Balaban J connectivity index is 1.99. The molecule has 60 valence electrons. The molecule has 0 aliphatic carbocycles. The van der Waals surface area contributed by atoms with Crippen LogP contribution >= 0.6 is 0 Å². The molecule has 2 heteroatoms. The van der Waals surface area contributed by atoms with Gasteiger partial charge in [-0.3, -0.25) is 4.90 Å². The number of nitrogens with one attached hydrogen (secondary N) is 1. The summed E-state index contributed by atoms with van der Waals surface area (Å²) in [5, 5.41) is 3.47. The summed E-state index contributed by atoms with van der Waals surface area (Å²) in [5.41, 5.74) is 0.564. The summed E-state index contributed by atoms with van der Waals surface area (Å²) >= 11 is 0. The second-order valence-corrected chi connectivity index (χ2v) is 4.09. The standard InChI is InChI=1S/C9H14N2/c1-7-2-3-8-4-10-5-9(8)6-11(7)9/h2-3,7-8,10H,4-6H2,1H3/t7-,8-,9+,11?/m1/s1. The fourth-order valence-electron chi connectivity index (χ4n) is 2.71. The number of hydrogen-bond acceptors (Lipinski definition) is 2. The van der Waals surface area contributed by atoms with E-state index in [1.165, 1.54) is 19.6 Å². The van der Waals surface area contributed by atoms with Crippen molar-refractivity contribution < 1.29 is 0 Å². The zero-order valence-corrected chi connectivity index (χ0v) is 6.88. The van der Waals surface area contributed by atoms with E-state index in [0.717, 1.165) is 5.92 Å². The summed E-state index contributed by atoms with van der Waals surface area (Å²) < 4.78 is 0. The second kappa shape index (κ2) is 1.70. The molecule has 2 nitrogen and oxygen atoms in total. The molecule has 0 amide bonds. The molecule has 0 aromatic heterocycles. The molecular formula is C9H14N2. The van der Waals surface area contributed by atoms with Crippen LogP contribution in [0.1, 0.15) is 6.92 Å². The van der Waals surface area contributed by atoms with Crippen molar-refractivity contribution in [3.05, 3.63) is 12.2 Å². The SMILES string of the molecule is C[C@@H]1C=C[C@@H]2CNC[C@]23CN13. The zero-order chi connectivity index (χ0) is 7.47. The Kier molecular flexibility index (Phi) is 0.958. The summed E-state index contributed by atoms with van der Waals surface area (Å²) in [6.07, 6.45) is 4.76. The van der Waals surface area contributed by atoms with Gasteiger partial charge in [0.1, 0.15) is 0 Å². The van der Waals surface area contributed by atoms with Crippen LogP contribution in [-0.2, 0) is 0 Å². The van der Waals surface area contributed by atoms with E-state index in [-0.39, 0.29) is 0 Å². The van der Waals surface area contributed by atoms with Crippen LogP contribution in [0.3, 0.4) is 0 Å². The van der Waals surface area contributed by atoms with Crippen molar-refractivity contribution in [1.82, 2.24) is 10.2 Å². The van der Waals surface area contributed by atoms with Gasteiger partial charge in [0.25, 0.3) is 0 Å². The smallest absolute Gasteiger partial charge is 0.0542 e. The highest BCUT2D eigenvalue weighted by Gasteiger charge is 2.61. The third-order valence-corrected chi connectivity index (χ3v) is 3.51. The molecule has 0 bridgehead atoms. The van der Waals surface area contributed by atoms with Gasteiger partial charge in [0.2, 0.25) is 0 Å². The average molecular weight is 150 g/mol. The Morgan fingerprint density at radius 2 is 2.45 bits per heavy atom. The molecule has 3 aliphatic heterocycles. The monoisotopic (exact) mass is 150 g/mol. The highest BCUT2D eigenvalue weighted by Crippen LogP contribution is 2.46. The van der Waals surface area contributed by atoms with E-state index in [4.69, 9.17) is 0 Å². The van der Waals surface area contributed by atoms with Crippen molar-refractivity contribution in [2.45, 2.75) is 18.5 Å². The van der Waals surface area contributed by atoms with Crippen molar-refractivity contribution in [3.8, 4) is 0 Å². The average Bonchev–Trinajstić information content (AvgIpc) is 2.57. The molecule has 3 heterocycles. The summed E-state index contributed by atoms with van der Waals surface area (Å²) in [6.45, 7) is 6.02. The minimum atomic E-state index is 0.564. The predicted octanol–water partition coefficient (Wildman–Crippen LogP) is 0.218. The van der Waals surface area contributed by atoms with Crippen molar-refractivity contribution in [1.29, 1.82) is 0 Å². The van der Waals surface area contributed by atoms with E-state index in [1.807, 2.05) is 0 Å². The topological polar surface area (TPSA) is 15.0 Å². The molecule has 1 spiro atoms. The van der Waals surface area contributed by atoms with Crippen LogP contribution in [0.15, 0.2) is 12.2 Å². The minimum Gasteiger partial charge on any atom is -0.314 e. The van der Waals surface area contributed by atoms with Crippen molar-refractivity contribution in [2.24, 2.45) is 5.92 Å². The first-order chi connectivity index (χ1) is 5.33. The Bertz CT molecular complexity index is 224. The van der Waals surface area contributed by atoms with Crippen LogP contribution in [0.4, 0.5) is 0 Å². The van der Waals surface area contributed by atoms with E-state index in [0.29, 0.717) is 11.6 Å². The molecule has 2 saturated heterocycles. The normalized spacial score (nSPS) is 58.8. The molecule has 3 aliphatic rings.